The molecule has 0 radical (unpaired) electrons. The minimum Gasteiger partial charge on any atom is -0.376 e. The van der Waals surface area contributed by atoms with Gasteiger partial charge in [0.2, 0.25) is 5.91 Å². The number of ether oxygens (including phenoxy) is 1. The van der Waals surface area contributed by atoms with Crippen LogP contribution in [-0.4, -0.2) is 33.9 Å². The molecular formula is C27H31N3O3S. The maximum Gasteiger partial charge on any atom is 0.262 e. The van der Waals surface area contributed by atoms with Crippen molar-refractivity contribution >= 4 is 28.6 Å². The second kappa shape index (κ2) is 10.3. The number of nitrogens with one attached hydrogen (secondary N) is 1. The molecule has 5 rings (SSSR count). The number of para-hydroxylation sites is 1. The van der Waals surface area contributed by atoms with Gasteiger partial charge < -0.3 is 10.1 Å². The Bertz CT molecular complexity index is 1250. The van der Waals surface area contributed by atoms with Crippen LogP contribution in [0.4, 0.5) is 0 Å². The highest BCUT2D eigenvalue weighted by Crippen LogP contribution is 2.25. The summed E-state index contributed by atoms with van der Waals surface area (Å²) in [7, 11) is 0. The Hall–Kier alpha value is -2.64. The smallest absolute Gasteiger partial charge is 0.262 e. The molecule has 6 nitrogen and oxygen atoms in total. The zero-order valence-corrected chi connectivity index (χ0v) is 20.4. The first-order valence-electron chi connectivity index (χ1n) is 12.2. The zero-order chi connectivity index (χ0) is 23.5. The number of hydrogen-bond donors (Lipinski definition) is 1. The van der Waals surface area contributed by atoms with Gasteiger partial charge in [-0.25, -0.2) is 4.98 Å². The molecule has 7 heteroatoms. The monoisotopic (exact) mass is 477 g/mol. The highest BCUT2D eigenvalue weighted by molar-refractivity contribution is 7.99. The van der Waals surface area contributed by atoms with E-state index in [4.69, 9.17) is 9.72 Å². The molecular weight excluding hydrogens is 446 g/mol. The van der Waals surface area contributed by atoms with E-state index in [2.05, 4.69) is 23.5 Å². The molecule has 1 fully saturated rings. The van der Waals surface area contributed by atoms with Gasteiger partial charge in [-0.3, -0.25) is 14.2 Å². The van der Waals surface area contributed by atoms with Crippen molar-refractivity contribution in [2.45, 2.75) is 69.3 Å². The molecule has 178 valence electrons. The second-order valence-corrected chi connectivity index (χ2v) is 10.2. The fourth-order valence-electron chi connectivity index (χ4n) is 4.93. The summed E-state index contributed by atoms with van der Waals surface area (Å²) >= 11 is 1.31. The molecule has 34 heavy (non-hydrogen) atoms. The van der Waals surface area contributed by atoms with Crippen molar-refractivity contribution in [3.05, 3.63) is 69.5 Å². The Morgan fingerprint density at radius 1 is 1.18 bits per heavy atom. The van der Waals surface area contributed by atoms with E-state index in [0.29, 0.717) is 22.6 Å². The quantitative estimate of drug-likeness (QED) is 0.403. The number of carbonyl (C=O) groups excluding carboxylic acids is 1. The van der Waals surface area contributed by atoms with Crippen LogP contribution < -0.4 is 10.9 Å². The maximum absolute atomic E-state index is 13.2. The van der Waals surface area contributed by atoms with Crippen LogP contribution in [0.15, 0.2) is 52.4 Å². The van der Waals surface area contributed by atoms with Crippen LogP contribution in [0.5, 0.6) is 0 Å². The number of carbonyl (C=O) groups is 1. The lowest BCUT2D eigenvalue weighted by molar-refractivity contribution is -0.119. The molecule has 2 unspecified atom stereocenters. The molecule has 3 aromatic rings. The number of thioether (sulfide) groups is 1. The van der Waals surface area contributed by atoms with Crippen molar-refractivity contribution in [1.82, 2.24) is 14.9 Å². The van der Waals surface area contributed by atoms with Gasteiger partial charge in [-0.1, -0.05) is 42.1 Å². The van der Waals surface area contributed by atoms with Gasteiger partial charge in [-0.15, -0.1) is 0 Å². The number of aryl methyl sites for hydroxylation is 2. The van der Waals surface area contributed by atoms with Gasteiger partial charge >= 0.3 is 0 Å². The van der Waals surface area contributed by atoms with E-state index in [1.807, 2.05) is 25.1 Å². The van der Waals surface area contributed by atoms with E-state index >= 15 is 0 Å². The molecule has 1 aliphatic carbocycles. The van der Waals surface area contributed by atoms with Crippen LogP contribution in [0.1, 0.15) is 55.3 Å². The number of aromatic nitrogens is 2. The van der Waals surface area contributed by atoms with Gasteiger partial charge in [0.1, 0.15) is 0 Å². The van der Waals surface area contributed by atoms with E-state index < -0.39 is 0 Å². The minimum absolute atomic E-state index is 0.0119. The average Bonchev–Trinajstić information content (AvgIpc) is 3.38. The normalized spacial score (nSPS) is 18.6. The topological polar surface area (TPSA) is 73.2 Å². The zero-order valence-electron chi connectivity index (χ0n) is 19.6. The summed E-state index contributed by atoms with van der Waals surface area (Å²) in [6.07, 6.45) is 6.72. The Morgan fingerprint density at radius 3 is 2.82 bits per heavy atom. The third-order valence-electron chi connectivity index (χ3n) is 6.82. The standard InChI is InChI=1S/C27H31N3O3S/c1-18(20-13-12-19-7-2-3-8-21(19)15-20)28-25(31)17-34-27-29-24-11-5-4-10-23(24)26(32)30(27)16-22-9-6-14-33-22/h4-5,10-13,15,18,22H,2-3,6-9,14,16-17H2,1H3,(H,28,31). The summed E-state index contributed by atoms with van der Waals surface area (Å²) < 4.78 is 7.45. The predicted octanol–water partition coefficient (Wildman–Crippen LogP) is 4.42. The van der Waals surface area contributed by atoms with Gasteiger partial charge in [-0.2, -0.15) is 0 Å². The number of fused-ring (bicyclic) bond motifs is 2. The highest BCUT2D eigenvalue weighted by atomic mass is 32.2. The minimum atomic E-state index is -0.0774. The fraction of sp³-hybridized carbons (Fsp3) is 0.444. The van der Waals surface area contributed by atoms with Crippen molar-refractivity contribution in [2.24, 2.45) is 0 Å². The molecule has 2 aromatic carbocycles. The molecule has 0 spiro atoms. The Kier molecular flexibility index (Phi) is 7.02. The van der Waals surface area contributed by atoms with E-state index in [9.17, 15) is 9.59 Å². The lowest BCUT2D eigenvalue weighted by Crippen LogP contribution is -2.31. The molecule has 2 atom stereocenters. The number of hydrogen-bond acceptors (Lipinski definition) is 5. The Balaban J connectivity index is 1.30. The van der Waals surface area contributed by atoms with Gasteiger partial charge in [0, 0.05) is 6.61 Å². The van der Waals surface area contributed by atoms with Crippen LogP contribution in [0.3, 0.4) is 0 Å². The van der Waals surface area contributed by atoms with Crippen LogP contribution in [-0.2, 0) is 28.9 Å². The second-order valence-electron chi connectivity index (χ2n) is 9.28. The van der Waals surface area contributed by atoms with E-state index in [1.54, 1.807) is 10.6 Å². The SMILES string of the molecule is CC(NC(=O)CSc1nc2ccccc2c(=O)n1CC1CCCO1)c1ccc2c(c1)CCCC2. The Labute approximate surface area is 204 Å². The van der Waals surface area contributed by atoms with Gasteiger partial charge in [-0.05, 0) is 74.3 Å². The van der Waals surface area contributed by atoms with Crippen LogP contribution >= 0.6 is 11.8 Å². The van der Waals surface area contributed by atoms with Crippen molar-refractivity contribution in [2.75, 3.05) is 12.4 Å². The summed E-state index contributed by atoms with van der Waals surface area (Å²) in [5, 5.41) is 4.28. The molecule has 1 N–H and O–H groups in total. The van der Waals surface area contributed by atoms with Crippen molar-refractivity contribution in [1.29, 1.82) is 0 Å². The summed E-state index contributed by atoms with van der Waals surface area (Å²) in [5.41, 5.74) is 4.57. The van der Waals surface area contributed by atoms with Crippen molar-refractivity contribution in [3.63, 3.8) is 0 Å². The van der Waals surface area contributed by atoms with E-state index in [-0.39, 0.29) is 29.4 Å². The third kappa shape index (κ3) is 5.05. The van der Waals surface area contributed by atoms with E-state index in [0.717, 1.165) is 37.9 Å². The molecule has 2 heterocycles. The largest absolute Gasteiger partial charge is 0.376 e. The van der Waals surface area contributed by atoms with Crippen LogP contribution in [0.2, 0.25) is 0 Å². The van der Waals surface area contributed by atoms with Gasteiger partial charge in [0.25, 0.3) is 5.56 Å². The third-order valence-corrected chi connectivity index (χ3v) is 7.80. The van der Waals surface area contributed by atoms with Crippen LogP contribution in [0.25, 0.3) is 10.9 Å². The molecule has 1 saturated heterocycles. The molecule has 0 bridgehead atoms. The van der Waals surface area contributed by atoms with Crippen molar-refractivity contribution < 1.29 is 9.53 Å². The van der Waals surface area contributed by atoms with Crippen LogP contribution in [0, 0.1) is 0 Å². The first kappa shape index (κ1) is 23.1. The van der Waals surface area contributed by atoms with Gasteiger partial charge in [0.05, 0.1) is 35.3 Å². The number of benzene rings is 2. The summed E-state index contributed by atoms with van der Waals surface area (Å²) in [6, 6.07) is 13.9. The highest BCUT2D eigenvalue weighted by Gasteiger charge is 2.21. The fourth-order valence-corrected chi connectivity index (χ4v) is 5.75. The number of rotatable bonds is 7. The summed E-state index contributed by atoms with van der Waals surface area (Å²) in [4.78, 5) is 30.8. The first-order chi connectivity index (χ1) is 16.6. The molecule has 1 amide bonds. The molecule has 1 aromatic heterocycles. The Morgan fingerprint density at radius 2 is 2.00 bits per heavy atom. The molecule has 2 aliphatic rings. The average molecular weight is 478 g/mol. The molecule has 1 aliphatic heterocycles. The molecule has 0 saturated carbocycles. The summed E-state index contributed by atoms with van der Waals surface area (Å²) in [6.45, 7) is 3.22. The van der Waals surface area contributed by atoms with Crippen molar-refractivity contribution in [3.8, 4) is 0 Å². The lowest BCUT2D eigenvalue weighted by atomic mass is 9.89. The first-order valence-corrected chi connectivity index (χ1v) is 13.2. The summed E-state index contributed by atoms with van der Waals surface area (Å²) in [5.74, 6) is 0.132. The predicted molar refractivity (Wildman–Crippen MR) is 135 cm³/mol. The van der Waals surface area contributed by atoms with Gasteiger partial charge in [0.15, 0.2) is 5.16 Å². The van der Waals surface area contributed by atoms with E-state index in [1.165, 1.54) is 35.7 Å². The number of amides is 1. The maximum atomic E-state index is 13.2. The lowest BCUT2D eigenvalue weighted by Gasteiger charge is -2.20. The number of nitrogens with zero attached hydrogens (tertiary/aromatic N) is 2.